The predicted molar refractivity (Wildman–Crippen MR) is 114 cm³/mol. The Morgan fingerprint density at radius 1 is 1.19 bits per heavy atom. The van der Waals surface area contributed by atoms with E-state index in [2.05, 4.69) is 15.4 Å². The third-order valence-electron chi connectivity index (χ3n) is 4.34. The second-order valence-corrected chi connectivity index (χ2v) is 6.59. The molecule has 3 N–H and O–H groups in total. The summed E-state index contributed by atoms with van der Waals surface area (Å²) < 4.78 is 12.2. The van der Waals surface area contributed by atoms with Gasteiger partial charge in [-0.3, -0.25) is 14.3 Å². The zero-order valence-corrected chi connectivity index (χ0v) is 17.0. The van der Waals surface area contributed by atoms with Crippen LogP contribution in [0.2, 0.25) is 0 Å². The summed E-state index contributed by atoms with van der Waals surface area (Å²) in [7, 11) is 1.49. The normalized spacial score (nSPS) is 11.8. The molecule has 0 fully saturated rings. The summed E-state index contributed by atoms with van der Waals surface area (Å²) in [5, 5.41) is 7.11. The van der Waals surface area contributed by atoms with Crippen LogP contribution >= 0.6 is 0 Å². The number of nitrogens with two attached hydrogens (primary N) is 1. The Morgan fingerprint density at radius 3 is 2.68 bits per heavy atom. The van der Waals surface area contributed by atoms with Gasteiger partial charge in [0.2, 0.25) is 5.91 Å². The van der Waals surface area contributed by atoms with E-state index in [1.54, 1.807) is 35.3 Å². The van der Waals surface area contributed by atoms with E-state index < -0.39 is 5.91 Å². The molecule has 0 saturated heterocycles. The van der Waals surface area contributed by atoms with Crippen LogP contribution < -0.4 is 20.5 Å². The number of primary amides is 1. The van der Waals surface area contributed by atoms with Crippen LogP contribution in [0.25, 0.3) is 6.08 Å². The van der Waals surface area contributed by atoms with Crippen molar-refractivity contribution in [3.63, 3.8) is 0 Å². The summed E-state index contributed by atoms with van der Waals surface area (Å²) in [4.78, 5) is 27.4. The molecule has 3 aromatic rings. The monoisotopic (exact) mass is 421 g/mol. The number of hydrogen-bond acceptors (Lipinski definition) is 6. The largest absolute Gasteiger partial charge is 0.493 e. The number of amides is 2. The first-order valence-electron chi connectivity index (χ1n) is 9.50. The number of rotatable bonds is 10. The molecule has 1 unspecified atom stereocenters. The molecule has 0 bridgehead atoms. The van der Waals surface area contributed by atoms with Gasteiger partial charge in [-0.25, -0.2) is 4.98 Å². The molecule has 0 saturated carbocycles. The van der Waals surface area contributed by atoms with Gasteiger partial charge in [0.05, 0.1) is 19.7 Å². The van der Waals surface area contributed by atoms with Crippen LogP contribution in [-0.4, -0.2) is 40.3 Å². The molecule has 9 heteroatoms. The van der Waals surface area contributed by atoms with Crippen LogP contribution in [0, 0.1) is 0 Å². The van der Waals surface area contributed by atoms with E-state index in [9.17, 15) is 9.59 Å². The van der Waals surface area contributed by atoms with E-state index in [0.717, 1.165) is 11.1 Å². The summed E-state index contributed by atoms with van der Waals surface area (Å²) in [5.74, 6) is -0.0272. The van der Waals surface area contributed by atoms with Crippen molar-refractivity contribution in [2.75, 3.05) is 13.7 Å². The Hall–Kier alpha value is -4.14. The van der Waals surface area contributed by atoms with Crippen LogP contribution in [-0.2, 0) is 16.1 Å². The molecule has 3 rings (SSSR count). The van der Waals surface area contributed by atoms with Gasteiger partial charge in [-0.15, -0.1) is 0 Å². The molecule has 160 valence electrons. The molecule has 2 amide bonds. The summed E-state index contributed by atoms with van der Waals surface area (Å²) in [6.45, 7) is 0.198. The van der Waals surface area contributed by atoms with Crippen molar-refractivity contribution in [1.82, 2.24) is 20.1 Å². The van der Waals surface area contributed by atoms with Crippen LogP contribution in [0.5, 0.6) is 11.5 Å². The fraction of sp³-hybridized carbons (Fsp3) is 0.182. The molecule has 0 aliphatic heterocycles. The molecular formula is C22H23N5O4. The maximum Gasteiger partial charge on any atom is 0.255 e. The van der Waals surface area contributed by atoms with Crippen molar-refractivity contribution in [3.8, 4) is 11.5 Å². The number of ether oxygens (including phenoxy) is 2. The van der Waals surface area contributed by atoms with Crippen molar-refractivity contribution in [2.45, 2.75) is 12.6 Å². The average molecular weight is 421 g/mol. The molecule has 9 nitrogen and oxygen atoms in total. The van der Waals surface area contributed by atoms with Crippen LogP contribution in [0.15, 0.2) is 67.3 Å². The summed E-state index contributed by atoms with van der Waals surface area (Å²) >= 11 is 0. The van der Waals surface area contributed by atoms with Gasteiger partial charge in [-0.2, -0.15) is 5.10 Å². The van der Waals surface area contributed by atoms with Gasteiger partial charge in [0.25, 0.3) is 5.91 Å². The topological polar surface area (TPSA) is 121 Å². The SMILES string of the molecule is COc1cc(/C=C/C(=O)NC(Cn2cncn2)c2ccccc2)ccc1OCC(N)=O. The predicted octanol–water partition coefficient (Wildman–Crippen LogP) is 1.72. The number of aromatic nitrogens is 3. The smallest absolute Gasteiger partial charge is 0.255 e. The maximum absolute atomic E-state index is 12.6. The zero-order valence-electron chi connectivity index (χ0n) is 17.0. The number of nitrogens with one attached hydrogen (secondary N) is 1. The summed E-state index contributed by atoms with van der Waals surface area (Å²) in [5.41, 5.74) is 6.78. The molecule has 1 heterocycles. The molecule has 1 aromatic heterocycles. The lowest BCUT2D eigenvalue weighted by Crippen LogP contribution is -2.30. The Bertz CT molecular complexity index is 1040. The van der Waals surface area contributed by atoms with Gasteiger partial charge < -0.3 is 20.5 Å². The minimum absolute atomic E-state index is 0.249. The van der Waals surface area contributed by atoms with E-state index in [-0.39, 0.29) is 18.6 Å². The zero-order chi connectivity index (χ0) is 22.1. The highest BCUT2D eigenvalue weighted by Crippen LogP contribution is 2.28. The summed E-state index contributed by atoms with van der Waals surface area (Å²) in [6.07, 6.45) is 6.16. The number of benzene rings is 2. The standard InChI is InChI=1S/C22H23N5O4/c1-30-20-11-16(7-9-19(20)31-13-21(23)28)8-10-22(29)26-18(12-27-15-24-14-25-27)17-5-3-2-4-6-17/h2-11,14-15,18H,12-13H2,1H3,(H2,23,28)(H,26,29)/b10-8+. The Labute approximate surface area is 179 Å². The molecule has 31 heavy (non-hydrogen) atoms. The van der Waals surface area contributed by atoms with Gasteiger partial charge >= 0.3 is 0 Å². The van der Waals surface area contributed by atoms with E-state index in [1.807, 2.05) is 30.3 Å². The van der Waals surface area contributed by atoms with Crippen LogP contribution in [0.1, 0.15) is 17.2 Å². The fourth-order valence-electron chi connectivity index (χ4n) is 2.88. The van der Waals surface area contributed by atoms with Gasteiger partial charge in [0, 0.05) is 6.08 Å². The minimum Gasteiger partial charge on any atom is -0.493 e. The van der Waals surface area contributed by atoms with E-state index in [4.69, 9.17) is 15.2 Å². The molecule has 0 radical (unpaired) electrons. The summed E-state index contributed by atoms with van der Waals surface area (Å²) in [6, 6.07) is 14.5. The molecular weight excluding hydrogens is 398 g/mol. The maximum atomic E-state index is 12.6. The highest BCUT2D eigenvalue weighted by Gasteiger charge is 2.14. The lowest BCUT2D eigenvalue weighted by Gasteiger charge is -2.18. The molecule has 0 aliphatic carbocycles. The quantitative estimate of drug-likeness (QED) is 0.481. The fourth-order valence-corrected chi connectivity index (χ4v) is 2.88. The van der Waals surface area contributed by atoms with E-state index in [0.29, 0.717) is 18.0 Å². The van der Waals surface area contributed by atoms with Crippen molar-refractivity contribution in [3.05, 3.63) is 78.4 Å². The molecule has 0 spiro atoms. The van der Waals surface area contributed by atoms with E-state index in [1.165, 1.54) is 19.5 Å². The first-order chi connectivity index (χ1) is 15.0. The molecule has 1 atom stereocenters. The van der Waals surface area contributed by atoms with Crippen LogP contribution in [0.3, 0.4) is 0 Å². The lowest BCUT2D eigenvalue weighted by atomic mass is 10.1. The Morgan fingerprint density at radius 2 is 2.00 bits per heavy atom. The van der Waals surface area contributed by atoms with Crippen LogP contribution in [0.4, 0.5) is 0 Å². The van der Waals surface area contributed by atoms with Gasteiger partial charge in [0.15, 0.2) is 18.1 Å². The number of methoxy groups -OCH3 is 1. The molecule has 2 aromatic carbocycles. The van der Waals surface area contributed by atoms with Crippen molar-refractivity contribution in [1.29, 1.82) is 0 Å². The number of carbonyl (C=O) groups is 2. The third-order valence-corrected chi connectivity index (χ3v) is 4.34. The third kappa shape index (κ3) is 6.43. The average Bonchev–Trinajstić information content (AvgIpc) is 3.29. The highest BCUT2D eigenvalue weighted by atomic mass is 16.5. The van der Waals surface area contributed by atoms with Gasteiger partial charge in [-0.05, 0) is 29.3 Å². The Balaban J connectivity index is 1.69. The Kier molecular flexibility index (Phi) is 7.36. The number of nitrogens with zero attached hydrogens (tertiary/aromatic N) is 3. The second-order valence-electron chi connectivity index (χ2n) is 6.59. The molecule has 0 aliphatic rings. The first-order valence-corrected chi connectivity index (χ1v) is 9.50. The van der Waals surface area contributed by atoms with Gasteiger partial charge in [-0.1, -0.05) is 36.4 Å². The van der Waals surface area contributed by atoms with Crippen molar-refractivity contribution >= 4 is 17.9 Å². The lowest BCUT2D eigenvalue weighted by molar-refractivity contribution is -0.120. The first kappa shape index (κ1) is 21.6. The second kappa shape index (κ2) is 10.6. The highest BCUT2D eigenvalue weighted by molar-refractivity contribution is 5.92. The van der Waals surface area contributed by atoms with E-state index >= 15 is 0 Å². The number of carbonyl (C=O) groups excluding carboxylic acids is 2. The number of hydrogen-bond donors (Lipinski definition) is 2. The van der Waals surface area contributed by atoms with Crippen molar-refractivity contribution < 1.29 is 19.1 Å². The minimum atomic E-state index is -0.582. The van der Waals surface area contributed by atoms with Crippen molar-refractivity contribution in [2.24, 2.45) is 5.73 Å². The van der Waals surface area contributed by atoms with Gasteiger partial charge in [0.1, 0.15) is 12.7 Å².